The molecular formula is C24H34BN3O5Si. The van der Waals surface area contributed by atoms with E-state index in [1.165, 1.54) is 10.7 Å². The highest BCUT2D eigenvalue weighted by atomic mass is 28.3. The maximum atomic E-state index is 13.1. The Balaban J connectivity index is 1.50. The summed E-state index contributed by atoms with van der Waals surface area (Å²) in [6, 6.07) is 9.67. The van der Waals surface area contributed by atoms with Gasteiger partial charge in [0.05, 0.1) is 17.7 Å². The molecule has 0 saturated carbocycles. The summed E-state index contributed by atoms with van der Waals surface area (Å²) in [6.45, 7) is 15.9. The lowest BCUT2D eigenvalue weighted by Gasteiger charge is -2.32. The molecule has 2 aliphatic rings. The Morgan fingerprint density at radius 1 is 1.06 bits per heavy atom. The largest absolute Gasteiger partial charge is 0.494 e. The van der Waals surface area contributed by atoms with Crippen LogP contribution in [0.25, 0.3) is 0 Å². The molecule has 2 aromatic rings. The Bertz CT molecular complexity index is 1140. The van der Waals surface area contributed by atoms with Crippen LogP contribution in [0.15, 0.2) is 35.1 Å². The molecular weight excluding hydrogens is 449 g/mol. The lowest BCUT2D eigenvalue weighted by Crippen LogP contribution is -2.41. The summed E-state index contributed by atoms with van der Waals surface area (Å²) in [7, 11) is -1.71. The summed E-state index contributed by atoms with van der Waals surface area (Å²) in [5.41, 5.74) is 1.24. The van der Waals surface area contributed by atoms with Gasteiger partial charge in [-0.15, -0.1) is 5.10 Å². The van der Waals surface area contributed by atoms with Crippen LogP contribution in [0.1, 0.15) is 43.6 Å². The number of carbonyl (C=O) groups excluding carboxylic acids is 1. The first-order chi connectivity index (χ1) is 15.8. The van der Waals surface area contributed by atoms with Crippen molar-refractivity contribution in [2.45, 2.75) is 77.9 Å². The number of benzene rings is 1. The standard InChI is InChI=1S/C24H34BN3O5Si/c1-23(2)24(3,4)33-25(32-23)18-8-9-19-17(14-18)15-27(22(19)30)20-10-11-21(29)28(26-20)16-31-12-13-34(5,6)7/h8-11,14H,12-13,15-16H2,1-7H3. The van der Waals surface area contributed by atoms with Gasteiger partial charge in [0.15, 0.2) is 5.82 Å². The Labute approximate surface area is 202 Å². The molecule has 0 unspecified atom stereocenters. The molecule has 0 bridgehead atoms. The van der Waals surface area contributed by atoms with E-state index in [1.807, 2.05) is 45.9 Å². The van der Waals surface area contributed by atoms with Crippen molar-refractivity contribution in [2.75, 3.05) is 11.5 Å². The summed E-state index contributed by atoms with van der Waals surface area (Å²) in [6.07, 6.45) is 0. The van der Waals surface area contributed by atoms with Gasteiger partial charge in [0.1, 0.15) is 6.73 Å². The smallest absolute Gasteiger partial charge is 0.399 e. The molecule has 4 rings (SSSR count). The van der Waals surface area contributed by atoms with Gasteiger partial charge < -0.3 is 14.0 Å². The van der Waals surface area contributed by atoms with Crippen LogP contribution < -0.4 is 15.9 Å². The first kappa shape index (κ1) is 24.8. The molecule has 1 fully saturated rings. The Morgan fingerprint density at radius 3 is 2.38 bits per heavy atom. The molecule has 0 N–H and O–H groups in total. The highest BCUT2D eigenvalue weighted by Gasteiger charge is 2.52. The molecule has 1 saturated heterocycles. The van der Waals surface area contributed by atoms with Gasteiger partial charge in [-0.25, -0.2) is 4.68 Å². The van der Waals surface area contributed by atoms with Crippen LogP contribution in [-0.4, -0.2) is 48.7 Å². The van der Waals surface area contributed by atoms with E-state index in [0.717, 1.165) is 17.1 Å². The summed E-state index contributed by atoms with van der Waals surface area (Å²) in [5.74, 6) is 0.277. The number of aromatic nitrogens is 2. The minimum Gasteiger partial charge on any atom is -0.399 e. The topological polar surface area (TPSA) is 82.9 Å². The zero-order valence-corrected chi connectivity index (χ0v) is 22.2. The van der Waals surface area contributed by atoms with E-state index in [-0.39, 0.29) is 18.2 Å². The van der Waals surface area contributed by atoms with Crippen LogP contribution in [0.4, 0.5) is 5.82 Å². The Kier molecular flexibility index (Phi) is 6.39. The van der Waals surface area contributed by atoms with E-state index in [9.17, 15) is 9.59 Å². The minimum absolute atomic E-state index is 0.0677. The van der Waals surface area contributed by atoms with Crippen molar-refractivity contribution in [3.63, 3.8) is 0 Å². The third-order valence-electron chi connectivity index (χ3n) is 6.80. The normalized spacial score (nSPS) is 19.1. The van der Waals surface area contributed by atoms with E-state index in [4.69, 9.17) is 14.0 Å². The number of hydrogen-bond acceptors (Lipinski definition) is 6. The highest BCUT2D eigenvalue weighted by molar-refractivity contribution is 6.76. The molecule has 1 aromatic carbocycles. The maximum Gasteiger partial charge on any atom is 0.494 e. The molecule has 0 aliphatic carbocycles. The number of anilines is 1. The molecule has 0 spiro atoms. The van der Waals surface area contributed by atoms with Gasteiger partial charge >= 0.3 is 7.12 Å². The van der Waals surface area contributed by atoms with Crippen molar-refractivity contribution in [3.05, 3.63) is 51.8 Å². The van der Waals surface area contributed by atoms with Gasteiger partial charge in [-0.05, 0) is 56.9 Å². The van der Waals surface area contributed by atoms with Gasteiger partial charge in [-0.2, -0.15) is 0 Å². The van der Waals surface area contributed by atoms with Gasteiger partial charge in [0, 0.05) is 26.3 Å². The summed E-state index contributed by atoms with van der Waals surface area (Å²) < 4.78 is 19.3. The van der Waals surface area contributed by atoms with Crippen LogP contribution in [0, 0.1) is 0 Å². The van der Waals surface area contributed by atoms with Gasteiger partial charge in [-0.1, -0.05) is 31.8 Å². The van der Waals surface area contributed by atoms with Gasteiger partial charge in [0.25, 0.3) is 11.5 Å². The fourth-order valence-corrected chi connectivity index (χ4v) is 4.61. The third kappa shape index (κ3) is 4.91. The monoisotopic (exact) mass is 483 g/mol. The number of ether oxygens (including phenoxy) is 1. The fraction of sp³-hybridized carbons (Fsp3) is 0.542. The van der Waals surface area contributed by atoms with Crippen LogP contribution in [-0.2, 0) is 27.3 Å². The van der Waals surface area contributed by atoms with E-state index in [2.05, 4.69) is 24.7 Å². The highest BCUT2D eigenvalue weighted by Crippen LogP contribution is 2.37. The quantitative estimate of drug-likeness (QED) is 0.445. The van der Waals surface area contributed by atoms with E-state index in [0.29, 0.717) is 24.5 Å². The van der Waals surface area contributed by atoms with Crippen LogP contribution in [0.2, 0.25) is 25.7 Å². The number of hydrogen-bond donors (Lipinski definition) is 0. The molecule has 0 radical (unpaired) electrons. The van der Waals surface area contributed by atoms with Crippen LogP contribution in [0.5, 0.6) is 0 Å². The Hall–Kier alpha value is -2.27. The first-order valence-corrected chi connectivity index (χ1v) is 15.4. The van der Waals surface area contributed by atoms with Crippen LogP contribution in [0.3, 0.4) is 0 Å². The average Bonchev–Trinajstić information content (AvgIpc) is 3.17. The molecule has 8 nitrogen and oxygen atoms in total. The molecule has 1 amide bonds. The first-order valence-electron chi connectivity index (χ1n) is 11.7. The maximum absolute atomic E-state index is 13.1. The number of rotatable bonds is 7. The van der Waals surface area contributed by atoms with E-state index in [1.54, 1.807) is 11.0 Å². The van der Waals surface area contributed by atoms with Gasteiger partial charge in [-0.3, -0.25) is 14.5 Å². The molecule has 34 heavy (non-hydrogen) atoms. The number of nitrogens with zero attached hydrogens (tertiary/aromatic N) is 3. The number of fused-ring (bicyclic) bond motifs is 1. The Morgan fingerprint density at radius 2 is 1.74 bits per heavy atom. The second kappa shape index (κ2) is 8.75. The summed E-state index contributed by atoms with van der Waals surface area (Å²) in [4.78, 5) is 27.0. The molecule has 1 aromatic heterocycles. The summed E-state index contributed by atoms with van der Waals surface area (Å²) >= 11 is 0. The average molecular weight is 483 g/mol. The molecule has 2 aliphatic heterocycles. The second-order valence-electron chi connectivity index (χ2n) is 11.3. The van der Waals surface area contributed by atoms with Crippen molar-refractivity contribution < 1.29 is 18.8 Å². The molecule has 0 atom stereocenters. The lowest BCUT2D eigenvalue weighted by molar-refractivity contribution is 0.00578. The summed E-state index contributed by atoms with van der Waals surface area (Å²) in [5, 5.41) is 4.41. The van der Waals surface area contributed by atoms with Crippen molar-refractivity contribution in [2.24, 2.45) is 0 Å². The van der Waals surface area contributed by atoms with E-state index < -0.39 is 26.4 Å². The van der Waals surface area contributed by atoms with Crippen molar-refractivity contribution in [1.82, 2.24) is 9.78 Å². The fourth-order valence-electron chi connectivity index (χ4n) is 3.86. The third-order valence-corrected chi connectivity index (χ3v) is 8.50. The lowest BCUT2D eigenvalue weighted by atomic mass is 9.78. The second-order valence-corrected chi connectivity index (χ2v) is 16.9. The number of amides is 1. The van der Waals surface area contributed by atoms with Crippen molar-refractivity contribution in [3.8, 4) is 0 Å². The van der Waals surface area contributed by atoms with Crippen LogP contribution >= 0.6 is 0 Å². The predicted octanol–water partition coefficient (Wildman–Crippen LogP) is 3.02. The van der Waals surface area contributed by atoms with E-state index >= 15 is 0 Å². The van der Waals surface area contributed by atoms with Gasteiger partial charge in [0.2, 0.25) is 0 Å². The van der Waals surface area contributed by atoms with Crippen molar-refractivity contribution >= 4 is 32.4 Å². The zero-order chi connectivity index (χ0) is 24.9. The minimum atomic E-state index is -1.22. The van der Waals surface area contributed by atoms with Crippen molar-refractivity contribution in [1.29, 1.82) is 0 Å². The molecule has 10 heteroatoms. The number of carbonyl (C=O) groups is 1. The molecule has 182 valence electrons. The predicted molar refractivity (Wildman–Crippen MR) is 135 cm³/mol. The zero-order valence-electron chi connectivity index (χ0n) is 21.2. The molecule has 3 heterocycles. The SMILES string of the molecule is CC1(C)OB(c2ccc3c(c2)CN(c2ccc(=O)n(COCC[Si](C)(C)C)n2)C3=O)OC1(C)C.